The largest absolute Gasteiger partial charge is 0.399 e. The number of nitrogens with two attached hydrogens (primary N) is 1. The molecule has 2 N–H and O–H groups in total. The number of rotatable bonds is 3. The summed E-state index contributed by atoms with van der Waals surface area (Å²) in [6.07, 6.45) is 0. The van der Waals surface area contributed by atoms with Gasteiger partial charge in [-0.3, -0.25) is 0 Å². The van der Waals surface area contributed by atoms with Crippen molar-refractivity contribution in [3.05, 3.63) is 57.0 Å². The molecule has 1 nitrogen and oxygen atoms in total. The van der Waals surface area contributed by atoms with Crippen LogP contribution in [0.4, 0.5) is 14.5 Å². The van der Waals surface area contributed by atoms with Crippen molar-refractivity contribution in [1.82, 2.24) is 0 Å². The molecule has 0 saturated carbocycles. The molecule has 0 aliphatic heterocycles. The Morgan fingerprint density at radius 3 is 2.37 bits per heavy atom. The molecule has 0 unspecified atom stereocenters. The van der Waals surface area contributed by atoms with Gasteiger partial charge in [-0.2, -0.15) is 0 Å². The molecule has 0 radical (unpaired) electrons. The molecule has 0 fully saturated rings. The van der Waals surface area contributed by atoms with Crippen LogP contribution in [-0.4, -0.2) is 0 Å². The van der Waals surface area contributed by atoms with Crippen molar-refractivity contribution >= 4 is 45.0 Å². The molecule has 0 aromatic heterocycles. The van der Waals surface area contributed by atoms with Gasteiger partial charge in [-0.1, -0.05) is 33.6 Å². The van der Waals surface area contributed by atoms with Crippen LogP contribution in [-0.2, 0) is 5.75 Å². The SMILES string of the molecule is Nc1cc(F)c(SCc2ccc(Br)cc2Cl)c(F)c1. The molecule has 2 rings (SSSR count). The first-order valence-electron chi connectivity index (χ1n) is 5.28. The van der Waals surface area contributed by atoms with E-state index in [2.05, 4.69) is 15.9 Å². The van der Waals surface area contributed by atoms with Crippen molar-refractivity contribution in [2.24, 2.45) is 0 Å². The van der Waals surface area contributed by atoms with Crippen LogP contribution in [0.25, 0.3) is 0 Å². The Morgan fingerprint density at radius 2 is 1.79 bits per heavy atom. The lowest BCUT2D eigenvalue weighted by Crippen LogP contribution is -1.94. The summed E-state index contributed by atoms with van der Waals surface area (Å²) in [5.41, 5.74) is 6.24. The van der Waals surface area contributed by atoms with Crippen LogP contribution in [0, 0.1) is 11.6 Å². The van der Waals surface area contributed by atoms with Crippen LogP contribution in [0.2, 0.25) is 5.02 Å². The maximum atomic E-state index is 13.6. The lowest BCUT2D eigenvalue weighted by Gasteiger charge is -2.07. The Morgan fingerprint density at radius 1 is 1.16 bits per heavy atom. The van der Waals surface area contributed by atoms with Crippen molar-refractivity contribution in [2.75, 3.05) is 5.73 Å². The van der Waals surface area contributed by atoms with E-state index in [0.29, 0.717) is 10.8 Å². The van der Waals surface area contributed by atoms with Crippen molar-refractivity contribution in [2.45, 2.75) is 10.6 Å². The number of hydrogen-bond acceptors (Lipinski definition) is 2. The highest BCUT2D eigenvalue weighted by Gasteiger charge is 2.12. The van der Waals surface area contributed by atoms with Crippen LogP contribution in [0.15, 0.2) is 39.7 Å². The second-order valence-electron chi connectivity index (χ2n) is 3.84. The van der Waals surface area contributed by atoms with Gasteiger partial charge in [0.1, 0.15) is 11.6 Å². The molecule has 6 heteroatoms. The first kappa shape index (κ1) is 14.6. The monoisotopic (exact) mass is 363 g/mol. The topological polar surface area (TPSA) is 26.0 Å². The van der Waals surface area contributed by atoms with E-state index in [1.54, 1.807) is 6.07 Å². The number of benzene rings is 2. The first-order chi connectivity index (χ1) is 8.97. The molecule has 0 spiro atoms. The number of thioether (sulfide) groups is 1. The minimum absolute atomic E-state index is 0.0480. The second kappa shape index (κ2) is 6.11. The second-order valence-corrected chi connectivity index (χ2v) is 6.15. The van der Waals surface area contributed by atoms with Gasteiger partial charge in [0.05, 0.1) is 4.90 Å². The lowest BCUT2D eigenvalue weighted by molar-refractivity contribution is 0.542. The smallest absolute Gasteiger partial charge is 0.141 e. The third-order valence-electron chi connectivity index (χ3n) is 2.41. The summed E-state index contributed by atoms with van der Waals surface area (Å²) >= 11 is 10.4. The Balaban J connectivity index is 2.19. The van der Waals surface area contributed by atoms with Crippen LogP contribution in [0.3, 0.4) is 0 Å². The number of halogens is 4. The molecule has 19 heavy (non-hydrogen) atoms. The Bertz CT molecular complexity index is 599. The maximum absolute atomic E-state index is 13.6. The molecule has 2 aromatic carbocycles. The Labute approximate surface area is 127 Å². The normalized spacial score (nSPS) is 10.7. The Hall–Kier alpha value is -0.780. The van der Waals surface area contributed by atoms with Crippen molar-refractivity contribution in [3.8, 4) is 0 Å². The fourth-order valence-corrected chi connectivity index (χ4v) is 3.27. The minimum atomic E-state index is -0.657. The van der Waals surface area contributed by atoms with Crippen LogP contribution < -0.4 is 5.73 Å². The van der Waals surface area contributed by atoms with Gasteiger partial charge in [0.15, 0.2) is 0 Å². The van der Waals surface area contributed by atoms with Crippen LogP contribution in [0.5, 0.6) is 0 Å². The summed E-state index contributed by atoms with van der Waals surface area (Å²) in [5, 5.41) is 0.554. The van der Waals surface area contributed by atoms with Crippen LogP contribution >= 0.6 is 39.3 Å². The molecule has 0 aliphatic carbocycles. The van der Waals surface area contributed by atoms with Gasteiger partial charge in [0, 0.05) is 20.9 Å². The van der Waals surface area contributed by atoms with E-state index >= 15 is 0 Å². The molecule has 0 bridgehead atoms. The van der Waals surface area contributed by atoms with Gasteiger partial charge >= 0.3 is 0 Å². The van der Waals surface area contributed by atoms with Gasteiger partial charge in [-0.25, -0.2) is 8.78 Å². The highest BCUT2D eigenvalue weighted by molar-refractivity contribution is 9.10. The number of nitrogen functional groups attached to an aromatic ring is 1. The Kier molecular flexibility index (Phi) is 4.71. The zero-order chi connectivity index (χ0) is 14.0. The van der Waals surface area contributed by atoms with E-state index in [1.807, 2.05) is 12.1 Å². The zero-order valence-electron chi connectivity index (χ0n) is 9.59. The summed E-state index contributed by atoms with van der Waals surface area (Å²) < 4.78 is 28.1. The number of anilines is 1. The molecule has 2 aromatic rings. The van der Waals surface area contributed by atoms with E-state index < -0.39 is 11.6 Å². The summed E-state index contributed by atoms with van der Waals surface area (Å²) in [4.78, 5) is -0.0480. The van der Waals surface area contributed by atoms with Gasteiger partial charge < -0.3 is 5.73 Å². The predicted octanol–water partition coefficient (Wildman–Crippen LogP) is 5.26. The van der Waals surface area contributed by atoms with Gasteiger partial charge in [0.25, 0.3) is 0 Å². The minimum Gasteiger partial charge on any atom is -0.399 e. The average molecular weight is 365 g/mol. The molecule has 0 amide bonds. The van der Waals surface area contributed by atoms with E-state index in [0.717, 1.165) is 33.9 Å². The third-order valence-corrected chi connectivity index (χ3v) is 4.39. The molecular formula is C13H9BrClF2NS. The summed E-state index contributed by atoms with van der Waals surface area (Å²) in [5.74, 6) is -0.935. The molecule has 0 aliphatic rings. The summed E-state index contributed by atoms with van der Waals surface area (Å²) in [6, 6.07) is 7.60. The van der Waals surface area contributed by atoms with E-state index in [9.17, 15) is 8.78 Å². The molecule has 100 valence electrons. The average Bonchev–Trinajstić information content (AvgIpc) is 2.30. The van der Waals surface area contributed by atoms with Crippen molar-refractivity contribution < 1.29 is 8.78 Å². The van der Waals surface area contributed by atoms with Gasteiger partial charge in [-0.05, 0) is 29.8 Å². The van der Waals surface area contributed by atoms with E-state index in [4.69, 9.17) is 17.3 Å². The number of hydrogen-bond donors (Lipinski definition) is 1. The van der Waals surface area contributed by atoms with Crippen LogP contribution in [0.1, 0.15) is 5.56 Å². The molecule has 0 heterocycles. The maximum Gasteiger partial charge on any atom is 0.141 e. The highest BCUT2D eigenvalue weighted by atomic mass is 79.9. The summed E-state index contributed by atoms with van der Waals surface area (Å²) in [6.45, 7) is 0. The van der Waals surface area contributed by atoms with Gasteiger partial charge in [0.2, 0.25) is 0 Å². The lowest BCUT2D eigenvalue weighted by atomic mass is 10.2. The zero-order valence-corrected chi connectivity index (χ0v) is 12.7. The fourth-order valence-electron chi connectivity index (χ4n) is 1.51. The van der Waals surface area contributed by atoms with Crippen molar-refractivity contribution in [1.29, 1.82) is 0 Å². The molecular weight excluding hydrogens is 356 g/mol. The highest BCUT2D eigenvalue weighted by Crippen LogP contribution is 2.32. The fraction of sp³-hybridized carbons (Fsp3) is 0.0769. The van der Waals surface area contributed by atoms with Gasteiger partial charge in [-0.15, -0.1) is 11.8 Å². The summed E-state index contributed by atoms with van der Waals surface area (Å²) in [7, 11) is 0. The van der Waals surface area contributed by atoms with Crippen molar-refractivity contribution in [3.63, 3.8) is 0 Å². The molecule has 0 saturated heterocycles. The van der Waals surface area contributed by atoms with E-state index in [-0.39, 0.29) is 10.6 Å². The van der Waals surface area contributed by atoms with E-state index in [1.165, 1.54) is 0 Å². The predicted molar refractivity (Wildman–Crippen MR) is 79.5 cm³/mol. The quantitative estimate of drug-likeness (QED) is 0.594. The molecule has 0 atom stereocenters. The third kappa shape index (κ3) is 3.61. The first-order valence-corrected chi connectivity index (χ1v) is 7.44. The standard InChI is InChI=1S/C13H9BrClF2NS/c14-8-2-1-7(10(15)3-8)6-19-13-11(16)4-9(18)5-12(13)17/h1-5H,6,18H2.